The number of carbonyl (C=O) groups is 1. The first-order valence-corrected chi connectivity index (χ1v) is 11.8. The molecule has 5 rings (SSSR count). The maximum absolute atomic E-state index is 13.9. The van der Waals surface area contributed by atoms with E-state index in [0.29, 0.717) is 10.7 Å². The maximum Gasteiger partial charge on any atom is 0.215 e. The quantitative estimate of drug-likeness (QED) is 0.241. The summed E-state index contributed by atoms with van der Waals surface area (Å²) in [7, 11) is 1.62. The van der Waals surface area contributed by atoms with E-state index in [4.69, 9.17) is 4.74 Å². The number of benzene rings is 3. The third-order valence-electron chi connectivity index (χ3n) is 5.77. The number of H-pyrrole nitrogens is 1. The van der Waals surface area contributed by atoms with Crippen LogP contribution in [-0.2, 0) is 6.42 Å². The van der Waals surface area contributed by atoms with Gasteiger partial charge in [-0.3, -0.25) is 4.79 Å². The number of nitrogens with one attached hydrogen (secondary N) is 1. The molecule has 2 heterocycles. The van der Waals surface area contributed by atoms with Gasteiger partial charge >= 0.3 is 0 Å². The summed E-state index contributed by atoms with van der Waals surface area (Å²) in [5.74, 6) is 0.745. The molecule has 0 saturated carbocycles. The van der Waals surface area contributed by atoms with Gasteiger partial charge < -0.3 is 9.72 Å². The third-order valence-corrected chi connectivity index (χ3v) is 6.96. The Morgan fingerprint density at radius 1 is 1.06 bits per heavy atom. The number of hydrogen-bond donors (Lipinski definition) is 1. The van der Waals surface area contributed by atoms with Crippen LogP contribution in [0.3, 0.4) is 0 Å². The van der Waals surface area contributed by atoms with E-state index in [9.17, 15) is 4.79 Å². The second-order valence-corrected chi connectivity index (χ2v) is 8.81. The molecule has 0 radical (unpaired) electrons. The first-order valence-electron chi connectivity index (χ1n) is 11.0. The van der Waals surface area contributed by atoms with Gasteiger partial charge in [0.1, 0.15) is 11.0 Å². The van der Waals surface area contributed by atoms with Crippen LogP contribution in [0.15, 0.2) is 84.1 Å². The van der Waals surface area contributed by atoms with Gasteiger partial charge in [0, 0.05) is 22.7 Å². The van der Waals surface area contributed by atoms with Crippen molar-refractivity contribution in [1.29, 1.82) is 0 Å². The predicted molar refractivity (Wildman–Crippen MR) is 133 cm³/mol. The number of hydrogen-bond acceptors (Lipinski definition) is 6. The molecule has 170 valence electrons. The molecule has 8 heteroatoms. The molecule has 5 aromatic rings. The van der Waals surface area contributed by atoms with Crippen LogP contribution in [-0.4, -0.2) is 38.1 Å². The molecule has 0 spiro atoms. The summed E-state index contributed by atoms with van der Waals surface area (Å²) in [4.78, 5) is 17.3. The van der Waals surface area contributed by atoms with E-state index in [1.54, 1.807) is 11.8 Å². The lowest BCUT2D eigenvalue weighted by atomic mass is 10.0. The SMILES string of the molecule is CCc1cccc2c(C(=O)[C@@H](Sc3nnnn3-c3ccc(OC)cc3)c3ccccc3)c[nH]c12. The van der Waals surface area contributed by atoms with Crippen LogP contribution in [0.2, 0.25) is 0 Å². The van der Waals surface area contributed by atoms with Crippen molar-refractivity contribution in [3.63, 3.8) is 0 Å². The zero-order valence-electron chi connectivity index (χ0n) is 18.8. The number of fused-ring (bicyclic) bond motifs is 1. The minimum absolute atomic E-state index is 0.0000148. The van der Waals surface area contributed by atoms with E-state index < -0.39 is 5.25 Å². The summed E-state index contributed by atoms with van der Waals surface area (Å²) in [5, 5.41) is 13.2. The van der Waals surface area contributed by atoms with Gasteiger partial charge in [0.15, 0.2) is 5.78 Å². The number of aromatic amines is 1. The normalized spacial score (nSPS) is 12.1. The Labute approximate surface area is 201 Å². The molecule has 0 saturated heterocycles. The van der Waals surface area contributed by atoms with Crippen molar-refractivity contribution in [1.82, 2.24) is 25.2 Å². The number of ketones is 1. The molecule has 1 atom stereocenters. The van der Waals surface area contributed by atoms with E-state index >= 15 is 0 Å². The Morgan fingerprint density at radius 2 is 1.85 bits per heavy atom. The van der Waals surface area contributed by atoms with Gasteiger partial charge in [-0.2, -0.15) is 4.68 Å². The average Bonchev–Trinajstić information content (AvgIpc) is 3.54. The largest absolute Gasteiger partial charge is 0.497 e. The van der Waals surface area contributed by atoms with Gasteiger partial charge in [0.05, 0.1) is 12.8 Å². The summed E-state index contributed by atoms with van der Waals surface area (Å²) in [6.45, 7) is 2.11. The molecule has 0 amide bonds. The van der Waals surface area contributed by atoms with E-state index in [2.05, 4.69) is 33.5 Å². The number of ether oxygens (including phenoxy) is 1. The average molecular weight is 470 g/mol. The Balaban J connectivity index is 1.54. The van der Waals surface area contributed by atoms with Crippen molar-refractivity contribution in [3.05, 3.63) is 95.7 Å². The minimum atomic E-state index is -0.520. The van der Waals surface area contributed by atoms with Crippen LogP contribution in [0.4, 0.5) is 0 Å². The van der Waals surface area contributed by atoms with Gasteiger partial charge in [0.2, 0.25) is 5.16 Å². The Morgan fingerprint density at radius 3 is 2.59 bits per heavy atom. The fourth-order valence-corrected chi connectivity index (χ4v) is 5.06. The number of aryl methyl sites for hydroxylation is 1. The molecule has 1 N–H and O–H groups in total. The summed E-state index contributed by atoms with van der Waals surface area (Å²) >= 11 is 1.34. The number of thioether (sulfide) groups is 1. The number of para-hydroxylation sites is 1. The van der Waals surface area contributed by atoms with Crippen molar-refractivity contribution in [2.24, 2.45) is 0 Å². The van der Waals surface area contributed by atoms with Gasteiger partial charge in [-0.15, -0.1) is 5.10 Å². The zero-order chi connectivity index (χ0) is 23.5. The molecular formula is C26H23N5O2S. The minimum Gasteiger partial charge on any atom is -0.497 e. The van der Waals surface area contributed by atoms with Crippen molar-refractivity contribution in [2.75, 3.05) is 7.11 Å². The van der Waals surface area contributed by atoms with Gasteiger partial charge in [-0.05, 0) is 52.2 Å². The maximum atomic E-state index is 13.9. The van der Waals surface area contributed by atoms with E-state index in [1.807, 2.05) is 72.9 Å². The molecule has 0 bridgehead atoms. The smallest absolute Gasteiger partial charge is 0.215 e. The Bertz CT molecular complexity index is 1430. The van der Waals surface area contributed by atoms with Gasteiger partial charge in [0.25, 0.3) is 0 Å². The molecule has 2 aromatic heterocycles. The van der Waals surface area contributed by atoms with Crippen LogP contribution in [0.5, 0.6) is 5.75 Å². The number of aromatic nitrogens is 5. The van der Waals surface area contributed by atoms with Crippen molar-refractivity contribution < 1.29 is 9.53 Å². The van der Waals surface area contributed by atoms with Crippen LogP contribution in [0, 0.1) is 0 Å². The standard InChI is InChI=1S/C26H23N5O2S/c1-3-17-10-7-11-21-22(16-27-23(17)21)24(32)25(18-8-5-4-6-9-18)34-26-28-29-30-31(26)19-12-14-20(33-2)15-13-19/h4-16,25,27H,3H2,1-2H3/t25-/m0/s1. The van der Waals surface area contributed by atoms with E-state index in [-0.39, 0.29) is 5.78 Å². The fraction of sp³-hybridized carbons (Fsp3) is 0.154. The molecule has 7 nitrogen and oxygen atoms in total. The number of Topliss-reactive ketones (excluding diaryl/α,β-unsaturated/α-hetero) is 1. The highest BCUT2D eigenvalue weighted by molar-refractivity contribution is 8.00. The van der Waals surface area contributed by atoms with Crippen LogP contribution in [0.25, 0.3) is 16.6 Å². The highest BCUT2D eigenvalue weighted by Crippen LogP contribution is 2.39. The molecule has 0 aliphatic carbocycles. The second-order valence-electron chi connectivity index (χ2n) is 7.74. The lowest BCUT2D eigenvalue weighted by Crippen LogP contribution is -2.11. The van der Waals surface area contributed by atoms with Crippen LogP contribution >= 0.6 is 11.8 Å². The van der Waals surface area contributed by atoms with E-state index in [1.165, 1.54) is 17.3 Å². The summed E-state index contributed by atoms with van der Waals surface area (Å²) in [6, 6.07) is 23.3. The molecule has 0 unspecified atom stereocenters. The van der Waals surface area contributed by atoms with Gasteiger partial charge in [-0.1, -0.05) is 67.2 Å². The highest BCUT2D eigenvalue weighted by atomic mass is 32.2. The Hall–Kier alpha value is -3.91. The lowest BCUT2D eigenvalue weighted by molar-refractivity contribution is 0.0991. The second kappa shape index (κ2) is 9.52. The molecule has 3 aromatic carbocycles. The predicted octanol–water partition coefficient (Wildman–Crippen LogP) is 5.43. The number of nitrogens with zero attached hydrogens (tertiary/aromatic N) is 4. The molecule has 0 aliphatic heterocycles. The van der Waals surface area contributed by atoms with Crippen molar-refractivity contribution in [2.45, 2.75) is 23.8 Å². The van der Waals surface area contributed by atoms with Gasteiger partial charge in [-0.25, -0.2) is 0 Å². The summed E-state index contributed by atoms with van der Waals surface area (Å²) < 4.78 is 6.89. The van der Waals surface area contributed by atoms with E-state index in [0.717, 1.165) is 34.3 Å². The monoisotopic (exact) mass is 469 g/mol. The first kappa shape index (κ1) is 21.9. The van der Waals surface area contributed by atoms with Crippen molar-refractivity contribution >= 4 is 28.4 Å². The zero-order valence-corrected chi connectivity index (χ0v) is 19.6. The highest BCUT2D eigenvalue weighted by Gasteiger charge is 2.28. The number of carbonyl (C=O) groups excluding carboxylic acids is 1. The first-order chi connectivity index (χ1) is 16.7. The number of tetrazole rings is 1. The summed E-state index contributed by atoms with van der Waals surface area (Å²) in [6.07, 6.45) is 2.70. The number of rotatable bonds is 8. The molecule has 0 fully saturated rings. The van der Waals surface area contributed by atoms with Crippen LogP contribution in [0.1, 0.15) is 33.7 Å². The van der Waals surface area contributed by atoms with Crippen LogP contribution < -0.4 is 4.74 Å². The fourth-order valence-electron chi connectivity index (χ4n) is 4.00. The van der Waals surface area contributed by atoms with Crippen molar-refractivity contribution in [3.8, 4) is 11.4 Å². The summed E-state index contributed by atoms with van der Waals surface area (Å²) in [5.41, 5.74) is 4.53. The molecular weight excluding hydrogens is 446 g/mol. The molecule has 34 heavy (non-hydrogen) atoms. The Kier molecular flexibility index (Phi) is 6.14. The molecule has 0 aliphatic rings. The third kappa shape index (κ3) is 4.08. The lowest BCUT2D eigenvalue weighted by Gasteiger charge is -2.15. The number of methoxy groups -OCH3 is 1. The topological polar surface area (TPSA) is 85.7 Å².